The highest BCUT2D eigenvalue weighted by molar-refractivity contribution is 7.13. The van der Waals surface area contributed by atoms with Gasteiger partial charge in [0, 0.05) is 36.3 Å². The first-order valence-corrected chi connectivity index (χ1v) is 11.2. The SMILES string of the molecule is CCN(CCNC(=O)Cc1csc(-c2ccc(OC)c(OC)c2)n1)c1ccccc1C. The predicted octanol–water partition coefficient (Wildman–Crippen LogP) is 4.32. The van der Waals surface area contributed by atoms with Crippen LogP contribution in [0.2, 0.25) is 0 Å². The molecular weight excluding hydrogens is 410 g/mol. The summed E-state index contributed by atoms with van der Waals surface area (Å²) >= 11 is 1.51. The highest BCUT2D eigenvalue weighted by Crippen LogP contribution is 2.33. The van der Waals surface area contributed by atoms with Gasteiger partial charge < -0.3 is 19.7 Å². The summed E-state index contributed by atoms with van der Waals surface area (Å²) in [6.07, 6.45) is 0.264. The summed E-state index contributed by atoms with van der Waals surface area (Å²) in [7, 11) is 3.22. The van der Waals surface area contributed by atoms with Crippen molar-refractivity contribution in [1.82, 2.24) is 10.3 Å². The smallest absolute Gasteiger partial charge is 0.226 e. The van der Waals surface area contributed by atoms with Gasteiger partial charge in [-0.25, -0.2) is 4.98 Å². The molecule has 1 amide bonds. The first kappa shape index (κ1) is 22.6. The summed E-state index contributed by atoms with van der Waals surface area (Å²) in [5.41, 5.74) is 4.14. The number of nitrogens with one attached hydrogen (secondary N) is 1. The van der Waals surface area contributed by atoms with E-state index in [-0.39, 0.29) is 12.3 Å². The Bertz CT molecular complexity index is 1020. The first-order chi connectivity index (χ1) is 15.0. The average Bonchev–Trinajstić information content (AvgIpc) is 3.25. The van der Waals surface area contributed by atoms with Crippen LogP contribution >= 0.6 is 11.3 Å². The van der Waals surface area contributed by atoms with Crippen LogP contribution < -0.4 is 19.7 Å². The standard InChI is InChI=1S/C24H29N3O3S/c1-5-27(20-9-7-6-8-17(20)2)13-12-25-23(28)15-19-16-31-24(26-19)18-10-11-21(29-3)22(14-18)30-4/h6-11,14,16H,5,12-13,15H2,1-4H3,(H,25,28). The number of aromatic nitrogens is 1. The van der Waals surface area contributed by atoms with E-state index in [0.717, 1.165) is 29.4 Å². The van der Waals surface area contributed by atoms with Crippen LogP contribution in [0, 0.1) is 6.92 Å². The van der Waals surface area contributed by atoms with Gasteiger partial charge in [0.15, 0.2) is 11.5 Å². The van der Waals surface area contributed by atoms with Gasteiger partial charge in [-0.2, -0.15) is 0 Å². The topological polar surface area (TPSA) is 63.7 Å². The monoisotopic (exact) mass is 439 g/mol. The number of hydrogen-bond donors (Lipinski definition) is 1. The van der Waals surface area contributed by atoms with E-state index in [2.05, 4.69) is 41.2 Å². The number of anilines is 1. The molecule has 0 atom stereocenters. The lowest BCUT2D eigenvalue weighted by molar-refractivity contribution is -0.120. The lowest BCUT2D eigenvalue weighted by Gasteiger charge is -2.25. The molecule has 0 unspecified atom stereocenters. The zero-order valence-electron chi connectivity index (χ0n) is 18.5. The summed E-state index contributed by atoms with van der Waals surface area (Å²) < 4.78 is 10.6. The maximum atomic E-state index is 12.4. The van der Waals surface area contributed by atoms with E-state index in [0.29, 0.717) is 18.0 Å². The Morgan fingerprint density at radius 1 is 1.13 bits per heavy atom. The van der Waals surface area contributed by atoms with Crippen molar-refractivity contribution in [1.29, 1.82) is 0 Å². The van der Waals surface area contributed by atoms with E-state index in [1.807, 2.05) is 35.7 Å². The van der Waals surface area contributed by atoms with Crippen LogP contribution in [-0.4, -0.2) is 44.7 Å². The van der Waals surface area contributed by atoms with Gasteiger partial charge in [0.25, 0.3) is 0 Å². The van der Waals surface area contributed by atoms with E-state index in [1.165, 1.54) is 22.6 Å². The summed E-state index contributed by atoms with van der Waals surface area (Å²) in [6.45, 7) is 6.48. The van der Waals surface area contributed by atoms with Crippen LogP contribution in [0.5, 0.6) is 11.5 Å². The van der Waals surface area contributed by atoms with Gasteiger partial charge >= 0.3 is 0 Å². The summed E-state index contributed by atoms with van der Waals surface area (Å²) in [5, 5.41) is 5.79. The van der Waals surface area contributed by atoms with Crippen molar-refractivity contribution in [2.24, 2.45) is 0 Å². The van der Waals surface area contributed by atoms with E-state index < -0.39 is 0 Å². The number of ether oxygens (including phenoxy) is 2. The van der Waals surface area contributed by atoms with Crippen LogP contribution in [0.1, 0.15) is 18.2 Å². The molecule has 7 heteroatoms. The number of carbonyl (C=O) groups is 1. The number of rotatable bonds is 10. The van der Waals surface area contributed by atoms with E-state index in [9.17, 15) is 4.79 Å². The van der Waals surface area contributed by atoms with Gasteiger partial charge in [0.1, 0.15) is 5.01 Å². The third-order valence-corrected chi connectivity index (χ3v) is 6.01. The Labute approximate surface area is 187 Å². The van der Waals surface area contributed by atoms with Crippen molar-refractivity contribution < 1.29 is 14.3 Å². The first-order valence-electron chi connectivity index (χ1n) is 10.3. The van der Waals surface area contributed by atoms with Crippen LogP contribution in [0.25, 0.3) is 10.6 Å². The molecule has 2 aromatic carbocycles. The van der Waals surface area contributed by atoms with E-state index in [1.54, 1.807) is 14.2 Å². The molecule has 0 aliphatic rings. The quantitative estimate of drug-likeness (QED) is 0.510. The minimum Gasteiger partial charge on any atom is -0.493 e. The fourth-order valence-corrected chi connectivity index (χ4v) is 4.23. The fourth-order valence-electron chi connectivity index (χ4n) is 3.41. The number of benzene rings is 2. The lowest BCUT2D eigenvalue weighted by Crippen LogP contribution is -2.35. The molecule has 0 bridgehead atoms. The molecular formula is C24H29N3O3S. The van der Waals surface area contributed by atoms with Crippen LogP contribution in [0.4, 0.5) is 5.69 Å². The van der Waals surface area contributed by atoms with Gasteiger partial charge in [-0.05, 0) is 43.7 Å². The Morgan fingerprint density at radius 2 is 1.90 bits per heavy atom. The molecule has 0 aliphatic carbocycles. The molecule has 3 rings (SSSR count). The second kappa shape index (κ2) is 10.8. The molecule has 31 heavy (non-hydrogen) atoms. The van der Waals surface area contributed by atoms with Crippen molar-refractivity contribution >= 4 is 22.9 Å². The minimum atomic E-state index is -0.0231. The Balaban J connectivity index is 1.55. The maximum Gasteiger partial charge on any atom is 0.226 e. The highest BCUT2D eigenvalue weighted by atomic mass is 32.1. The molecule has 1 N–H and O–H groups in total. The van der Waals surface area contributed by atoms with Crippen LogP contribution in [0.15, 0.2) is 47.8 Å². The second-order valence-corrected chi connectivity index (χ2v) is 7.96. The van der Waals surface area contributed by atoms with Crippen LogP contribution in [-0.2, 0) is 11.2 Å². The Hall–Kier alpha value is -3.06. The molecule has 0 spiro atoms. The lowest BCUT2D eigenvalue weighted by atomic mass is 10.2. The zero-order valence-corrected chi connectivity index (χ0v) is 19.3. The average molecular weight is 440 g/mol. The van der Waals surface area contributed by atoms with Crippen molar-refractivity contribution in [3.8, 4) is 22.1 Å². The van der Waals surface area contributed by atoms with Gasteiger partial charge in [0.2, 0.25) is 5.91 Å². The Morgan fingerprint density at radius 3 is 2.61 bits per heavy atom. The van der Waals surface area contributed by atoms with Crippen LogP contribution in [0.3, 0.4) is 0 Å². The molecule has 0 aliphatic heterocycles. The Kier molecular flexibility index (Phi) is 7.89. The third-order valence-electron chi connectivity index (χ3n) is 5.07. The largest absolute Gasteiger partial charge is 0.493 e. The number of amides is 1. The van der Waals surface area contributed by atoms with Gasteiger partial charge in [-0.3, -0.25) is 4.79 Å². The molecule has 1 aromatic heterocycles. The van der Waals surface area contributed by atoms with Crippen molar-refractivity contribution in [3.05, 3.63) is 59.1 Å². The molecule has 0 fully saturated rings. The molecule has 0 saturated heterocycles. The summed E-state index contributed by atoms with van der Waals surface area (Å²) in [5.74, 6) is 1.31. The van der Waals surface area contributed by atoms with Gasteiger partial charge in [-0.1, -0.05) is 18.2 Å². The van der Waals surface area contributed by atoms with Crippen molar-refractivity contribution in [2.45, 2.75) is 20.3 Å². The fraction of sp³-hybridized carbons (Fsp3) is 0.333. The highest BCUT2D eigenvalue weighted by Gasteiger charge is 2.12. The number of aryl methyl sites for hydroxylation is 1. The zero-order chi connectivity index (χ0) is 22.2. The number of hydrogen-bond acceptors (Lipinski definition) is 6. The van der Waals surface area contributed by atoms with E-state index >= 15 is 0 Å². The molecule has 3 aromatic rings. The number of likely N-dealkylation sites (N-methyl/N-ethyl adjacent to an activating group) is 1. The molecule has 164 valence electrons. The van der Waals surface area contributed by atoms with E-state index in [4.69, 9.17) is 9.47 Å². The van der Waals surface area contributed by atoms with Gasteiger partial charge in [0.05, 0.1) is 26.3 Å². The third kappa shape index (κ3) is 5.76. The summed E-state index contributed by atoms with van der Waals surface area (Å²) in [4.78, 5) is 19.3. The number of nitrogens with zero attached hydrogens (tertiary/aromatic N) is 2. The second-order valence-electron chi connectivity index (χ2n) is 7.11. The maximum absolute atomic E-state index is 12.4. The number of thiazole rings is 1. The number of methoxy groups -OCH3 is 2. The number of carbonyl (C=O) groups excluding carboxylic acids is 1. The number of para-hydroxylation sites is 1. The molecule has 0 saturated carbocycles. The normalized spacial score (nSPS) is 10.6. The predicted molar refractivity (Wildman–Crippen MR) is 126 cm³/mol. The minimum absolute atomic E-state index is 0.0231. The van der Waals surface area contributed by atoms with Crippen molar-refractivity contribution in [3.63, 3.8) is 0 Å². The summed E-state index contributed by atoms with van der Waals surface area (Å²) in [6, 6.07) is 14.0. The van der Waals surface area contributed by atoms with Gasteiger partial charge in [-0.15, -0.1) is 11.3 Å². The molecule has 6 nitrogen and oxygen atoms in total. The molecule has 1 heterocycles. The molecule has 0 radical (unpaired) electrons. The van der Waals surface area contributed by atoms with Crippen molar-refractivity contribution in [2.75, 3.05) is 38.8 Å².